The van der Waals surface area contributed by atoms with Crippen molar-refractivity contribution in [3.05, 3.63) is 70.2 Å². The molecule has 5 heteroatoms. The van der Waals surface area contributed by atoms with Gasteiger partial charge in [-0.3, -0.25) is 9.59 Å². The van der Waals surface area contributed by atoms with Crippen LogP contribution in [0, 0.1) is 0 Å². The van der Waals surface area contributed by atoms with E-state index in [4.69, 9.17) is 11.6 Å². The lowest BCUT2D eigenvalue weighted by molar-refractivity contribution is -0.132. The Hall–Kier alpha value is -2.33. The van der Waals surface area contributed by atoms with Crippen molar-refractivity contribution in [2.24, 2.45) is 0 Å². The number of carbonyl (C=O) groups excluding carboxylic acids is 2. The number of benzene rings is 2. The number of carbonyl (C=O) groups is 2. The normalized spacial score (nSPS) is 22.1. The number of halogens is 1. The summed E-state index contributed by atoms with van der Waals surface area (Å²) in [5.74, 6) is -0.0850. The van der Waals surface area contributed by atoms with Crippen LogP contribution in [0.2, 0.25) is 5.02 Å². The minimum Gasteiger partial charge on any atom is -0.351 e. The molecule has 2 aromatic carbocycles. The van der Waals surface area contributed by atoms with E-state index in [1.54, 1.807) is 4.90 Å². The van der Waals surface area contributed by atoms with E-state index in [0.29, 0.717) is 30.0 Å². The molecule has 0 radical (unpaired) electrons. The van der Waals surface area contributed by atoms with Crippen LogP contribution in [0.4, 0.5) is 0 Å². The summed E-state index contributed by atoms with van der Waals surface area (Å²) >= 11 is 6.02. The standard InChI is InChI=1S/C27H33ClN2O2/c1-27(26(32)29-23-10-5-3-2-4-6-11-23)19-21-9-7-8-12-24(21)25(31)30(27)18-17-20-13-15-22(28)16-14-20/h7-9,12-16,23H,2-6,10-11,17-19H2,1H3,(H,29,32). The first kappa shape index (κ1) is 22.8. The molecule has 1 heterocycles. The van der Waals surface area contributed by atoms with Gasteiger partial charge in [0, 0.05) is 29.6 Å². The highest BCUT2D eigenvalue weighted by molar-refractivity contribution is 6.30. The van der Waals surface area contributed by atoms with E-state index in [9.17, 15) is 9.59 Å². The van der Waals surface area contributed by atoms with Crippen molar-refractivity contribution in [1.29, 1.82) is 0 Å². The fraction of sp³-hybridized carbons (Fsp3) is 0.481. The van der Waals surface area contributed by atoms with E-state index in [1.165, 1.54) is 19.3 Å². The van der Waals surface area contributed by atoms with Gasteiger partial charge in [0.15, 0.2) is 0 Å². The van der Waals surface area contributed by atoms with E-state index < -0.39 is 5.54 Å². The van der Waals surface area contributed by atoms with Crippen LogP contribution in [-0.2, 0) is 17.6 Å². The molecule has 0 aromatic heterocycles. The maximum Gasteiger partial charge on any atom is 0.255 e. The number of nitrogens with one attached hydrogen (secondary N) is 1. The summed E-state index contributed by atoms with van der Waals surface area (Å²) in [7, 11) is 0. The van der Waals surface area contributed by atoms with E-state index in [1.807, 2.05) is 55.5 Å². The van der Waals surface area contributed by atoms with E-state index >= 15 is 0 Å². The summed E-state index contributed by atoms with van der Waals surface area (Å²) < 4.78 is 0. The molecule has 2 amide bonds. The third-order valence-corrected chi connectivity index (χ3v) is 7.34. The number of rotatable bonds is 5. The Bertz CT molecular complexity index is 950. The van der Waals surface area contributed by atoms with Gasteiger partial charge in [0.05, 0.1) is 0 Å². The van der Waals surface area contributed by atoms with Gasteiger partial charge in [0.2, 0.25) is 5.91 Å². The van der Waals surface area contributed by atoms with Crippen LogP contribution in [0.1, 0.15) is 73.4 Å². The zero-order valence-corrected chi connectivity index (χ0v) is 19.7. The molecule has 0 saturated heterocycles. The molecule has 1 aliphatic carbocycles. The third kappa shape index (κ3) is 5.01. The predicted octanol–water partition coefficient (Wildman–Crippen LogP) is 5.57. The monoisotopic (exact) mass is 452 g/mol. The predicted molar refractivity (Wildman–Crippen MR) is 129 cm³/mol. The van der Waals surface area contributed by atoms with Gasteiger partial charge >= 0.3 is 0 Å². The Balaban J connectivity index is 1.57. The number of fused-ring (bicyclic) bond motifs is 1. The van der Waals surface area contributed by atoms with Crippen molar-refractivity contribution in [3.63, 3.8) is 0 Å². The average Bonchev–Trinajstić information content (AvgIpc) is 2.76. The molecule has 2 aliphatic rings. The molecule has 4 nitrogen and oxygen atoms in total. The van der Waals surface area contributed by atoms with Crippen LogP contribution in [-0.4, -0.2) is 34.8 Å². The molecule has 0 bridgehead atoms. The van der Waals surface area contributed by atoms with Crippen LogP contribution >= 0.6 is 11.6 Å². The highest BCUT2D eigenvalue weighted by Crippen LogP contribution is 2.32. The molecule has 1 fully saturated rings. The van der Waals surface area contributed by atoms with Gasteiger partial charge in [-0.25, -0.2) is 0 Å². The summed E-state index contributed by atoms with van der Waals surface area (Å²) in [5.41, 5.74) is 1.86. The minimum atomic E-state index is -0.903. The molecule has 1 saturated carbocycles. The van der Waals surface area contributed by atoms with Crippen molar-refractivity contribution < 1.29 is 9.59 Å². The lowest BCUT2D eigenvalue weighted by atomic mass is 9.82. The van der Waals surface area contributed by atoms with Crippen LogP contribution in [0.25, 0.3) is 0 Å². The molecule has 1 N–H and O–H groups in total. The maximum atomic E-state index is 13.7. The molecule has 32 heavy (non-hydrogen) atoms. The van der Waals surface area contributed by atoms with Gasteiger partial charge in [0.1, 0.15) is 5.54 Å². The molecule has 1 atom stereocenters. The maximum absolute atomic E-state index is 13.7. The molecular weight excluding hydrogens is 420 g/mol. The second kappa shape index (κ2) is 10.1. The Morgan fingerprint density at radius 3 is 2.41 bits per heavy atom. The Morgan fingerprint density at radius 1 is 1.03 bits per heavy atom. The van der Waals surface area contributed by atoms with Crippen molar-refractivity contribution in [2.75, 3.05) is 6.54 Å². The second-order valence-electron chi connectivity index (χ2n) is 9.46. The first-order valence-electron chi connectivity index (χ1n) is 11.9. The molecule has 1 aliphatic heterocycles. The van der Waals surface area contributed by atoms with Gasteiger partial charge in [-0.2, -0.15) is 0 Å². The Morgan fingerprint density at radius 2 is 1.69 bits per heavy atom. The Kier molecular flexibility index (Phi) is 7.20. The lowest BCUT2D eigenvalue weighted by Crippen LogP contribution is -2.64. The summed E-state index contributed by atoms with van der Waals surface area (Å²) in [6.45, 7) is 2.42. The minimum absolute atomic E-state index is 0.0259. The van der Waals surface area contributed by atoms with Gasteiger partial charge in [0.25, 0.3) is 5.91 Å². The van der Waals surface area contributed by atoms with Crippen molar-refractivity contribution in [2.45, 2.75) is 76.3 Å². The second-order valence-corrected chi connectivity index (χ2v) is 9.89. The van der Waals surface area contributed by atoms with Gasteiger partial charge in [-0.05, 0) is 55.5 Å². The summed E-state index contributed by atoms with van der Waals surface area (Å²) in [4.78, 5) is 29.0. The number of nitrogens with zero attached hydrogens (tertiary/aromatic N) is 1. The highest BCUT2D eigenvalue weighted by Gasteiger charge is 2.46. The van der Waals surface area contributed by atoms with Gasteiger partial charge in [-0.1, -0.05) is 74.0 Å². The van der Waals surface area contributed by atoms with Crippen LogP contribution in [0.3, 0.4) is 0 Å². The van der Waals surface area contributed by atoms with Crippen molar-refractivity contribution in [3.8, 4) is 0 Å². The lowest BCUT2D eigenvalue weighted by Gasteiger charge is -2.44. The molecular formula is C27H33ClN2O2. The van der Waals surface area contributed by atoms with E-state index in [2.05, 4.69) is 5.32 Å². The smallest absolute Gasteiger partial charge is 0.255 e. The highest BCUT2D eigenvalue weighted by atomic mass is 35.5. The Labute approximate surface area is 196 Å². The number of hydrogen-bond donors (Lipinski definition) is 1. The SMILES string of the molecule is CC1(C(=O)NC2CCCCCCC2)Cc2ccccc2C(=O)N1CCc1ccc(Cl)cc1. The number of hydrogen-bond acceptors (Lipinski definition) is 2. The first-order valence-corrected chi connectivity index (χ1v) is 12.3. The topological polar surface area (TPSA) is 49.4 Å². The van der Waals surface area contributed by atoms with Gasteiger partial charge in [-0.15, -0.1) is 0 Å². The fourth-order valence-electron chi connectivity index (χ4n) is 5.10. The fourth-order valence-corrected chi connectivity index (χ4v) is 5.23. The molecule has 1 unspecified atom stereocenters. The largest absolute Gasteiger partial charge is 0.351 e. The molecule has 4 rings (SSSR count). The zero-order valence-electron chi connectivity index (χ0n) is 18.9. The van der Waals surface area contributed by atoms with Crippen molar-refractivity contribution >= 4 is 23.4 Å². The summed E-state index contributed by atoms with van der Waals surface area (Å²) in [5, 5.41) is 4.03. The van der Waals surface area contributed by atoms with Crippen LogP contribution < -0.4 is 5.32 Å². The molecule has 2 aromatic rings. The van der Waals surface area contributed by atoms with E-state index in [0.717, 1.165) is 36.8 Å². The van der Waals surface area contributed by atoms with Gasteiger partial charge < -0.3 is 10.2 Å². The first-order chi connectivity index (χ1) is 15.5. The summed E-state index contributed by atoms with van der Waals surface area (Å²) in [6, 6.07) is 15.6. The third-order valence-electron chi connectivity index (χ3n) is 7.09. The van der Waals surface area contributed by atoms with Crippen LogP contribution in [0.15, 0.2) is 48.5 Å². The molecule has 170 valence electrons. The van der Waals surface area contributed by atoms with Crippen molar-refractivity contribution in [1.82, 2.24) is 10.2 Å². The quantitative estimate of drug-likeness (QED) is 0.644. The average molecular weight is 453 g/mol. The zero-order chi connectivity index (χ0) is 22.6. The van der Waals surface area contributed by atoms with E-state index in [-0.39, 0.29) is 17.9 Å². The van der Waals surface area contributed by atoms with Crippen LogP contribution in [0.5, 0.6) is 0 Å². The number of amides is 2. The summed E-state index contributed by atoms with van der Waals surface area (Å²) in [6.07, 6.45) is 9.35. The molecule has 0 spiro atoms.